The molecule has 2 aliphatic rings. The van der Waals surface area contributed by atoms with Crippen molar-refractivity contribution >= 4 is 27.7 Å². The first-order valence-corrected chi connectivity index (χ1v) is 18.8. The number of ether oxygens (including phenoxy) is 2. The molecule has 6 rings (SSSR count). The number of hydrogen-bond donors (Lipinski definition) is 1. The van der Waals surface area contributed by atoms with Crippen molar-refractivity contribution in [3.05, 3.63) is 82.4 Å². The summed E-state index contributed by atoms with van der Waals surface area (Å²) in [4.78, 5) is 31.4. The van der Waals surface area contributed by atoms with E-state index in [1.165, 1.54) is 48.7 Å². The van der Waals surface area contributed by atoms with Gasteiger partial charge in [-0.15, -0.1) is 10.2 Å². The van der Waals surface area contributed by atoms with Gasteiger partial charge in [0.2, 0.25) is 21.7 Å². The number of hydrogen-bond acceptors (Lipinski definition) is 9. The Morgan fingerprint density at radius 3 is 2.35 bits per heavy atom. The fourth-order valence-electron chi connectivity index (χ4n) is 7.20. The van der Waals surface area contributed by atoms with Gasteiger partial charge in [-0.1, -0.05) is 18.2 Å². The number of piperidine rings is 1. The number of amides is 1. The Balaban J connectivity index is 1.40. The molecule has 1 aromatic carbocycles. The molecule has 1 fully saturated rings. The van der Waals surface area contributed by atoms with Crippen LogP contribution in [0.15, 0.2) is 53.7 Å². The van der Waals surface area contributed by atoms with E-state index in [1.807, 2.05) is 6.92 Å². The van der Waals surface area contributed by atoms with Gasteiger partial charge >= 0.3 is 18.2 Å². The summed E-state index contributed by atoms with van der Waals surface area (Å²) in [5.74, 6) is -3.29. The van der Waals surface area contributed by atoms with Gasteiger partial charge in [-0.2, -0.15) is 17.5 Å². The number of carbonyl (C=O) groups excluding carboxylic acids is 1. The van der Waals surface area contributed by atoms with Gasteiger partial charge < -0.3 is 19.5 Å². The number of pyridine rings is 2. The summed E-state index contributed by atoms with van der Waals surface area (Å²) in [7, 11) is -4.19. The van der Waals surface area contributed by atoms with Gasteiger partial charge in [-0.25, -0.2) is 18.2 Å². The van der Waals surface area contributed by atoms with Crippen molar-refractivity contribution in [3.8, 4) is 5.88 Å². The number of halogens is 3. The highest BCUT2D eigenvalue weighted by Gasteiger charge is 2.48. The lowest BCUT2D eigenvalue weighted by molar-refractivity contribution is -0.147. The monoisotopic (exact) mass is 772 g/mol. The van der Waals surface area contributed by atoms with Crippen molar-refractivity contribution in [1.82, 2.24) is 28.8 Å². The number of carboxylic acid groups (broad SMARTS) is 1. The number of aliphatic carboxylic acids is 1. The number of rotatable bonds is 6. The Labute approximate surface area is 311 Å². The molecule has 0 radical (unpaired) electrons. The van der Waals surface area contributed by atoms with Gasteiger partial charge in [0.15, 0.2) is 5.65 Å². The fraction of sp³-hybridized carbons (Fsp3) is 0.486. The number of likely N-dealkylation sites (tertiary alicyclic amines) is 1. The van der Waals surface area contributed by atoms with Crippen molar-refractivity contribution in [2.45, 2.75) is 96.0 Å². The number of benzene rings is 1. The quantitative estimate of drug-likeness (QED) is 0.234. The molecule has 17 heteroatoms. The normalized spacial score (nSPS) is 18.1. The maximum absolute atomic E-state index is 14.4. The molecule has 13 nitrogen and oxygen atoms in total. The molecule has 0 saturated carbocycles. The molecule has 1 amide bonds. The lowest BCUT2D eigenvalue weighted by Crippen LogP contribution is -2.55. The Morgan fingerprint density at radius 1 is 1.04 bits per heavy atom. The molecule has 0 unspecified atom stereocenters. The Bertz CT molecular complexity index is 2220. The molecule has 5 heterocycles. The molecule has 290 valence electrons. The van der Waals surface area contributed by atoms with E-state index in [0.717, 1.165) is 9.96 Å². The minimum absolute atomic E-state index is 0.0347. The van der Waals surface area contributed by atoms with Crippen molar-refractivity contribution in [3.63, 3.8) is 0 Å². The van der Waals surface area contributed by atoms with Gasteiger partial charge in [0.1, 0.15) is 16.1 Å². The van der Waals surface area contributed by atoms with Gasteiger partial charge in [-0.05, 0) is 94.5 Å². The summed E-state index contributed by atoms with van der Waals surface area (Å²) in [5.41, 5.74) is -0.715. The number of carboxylic acids is 1. The van der Waals surface area contributed by atoms with E-state index >= 15 is 0 Å². The topological polar surface area (TPSA) is 157 Å². The first-order valence-electron chi connectivity index (χ1n) is 17.4. The van der Waals surface area contributed by atoms with E-state index in [0.29, 0.717) is 35.1 Å². The third kappa shape index (κ3) is 7.22. The van der Waals surface area contributed by atoms with Crippen LogP contribution in [-0.4, -0.2) is 85.2 Å². The zero-order chi connectivity index (χ0) is 39.6. The number of carbonyl (C=O) groups is 2. The molecular formula is C37H43F3N6O7S. The molecule has 1 atom stereocenters. The summed E-state index contributed by atoms with van der Waals surface area (Å²) in [6.07, 6.45) is -2.01. The van der Waals surface area contributed by atoms with Crippen molar-refractivity contribution in [1.29, 1.82) is 0 Å². The van der Waals surface area contributed by atoms with Crippen LogP contribution in [0.3, 0.4) is 0 Å². The van der Waals surface area contributed by atoms with Gasteiger partial charge in [0.05, 0.1) is 12.0 Å². The van der Waals surface area contributed by atoms with Crippen LogP contribution in [0.1, 0.15) is 87.0 Å². The van der Waals surface area contributed by atoms with Crippen molar-refractivity contribution in [2.75, 3.05) is 19.6 Å². The predicted octanol–water partition coefficient (Wildman–Crippen LogP) is 6.36. The van der Waals surface area contributed by atoms with Gasteiger partial charge in [-0.3, -0.25) is 9.20 Å². The third-order valence-corrected chi connectivity index (χ3v) is 12.0. The average Bonchev–Trinajstić information content (AvgIpc) is 3.49. The van der Waals surface area contributed by atoms with Crippen LogP contribution in [0.2, 0.25) is 0 Å². The van der Waals surface area contributed by atoms with Crippen LogP contribution in [0.25, 0.3) is 5.65 Å². The maximum atomic E-state index is 14.4. The maximum Gasteiger partial charge on any atom is 0.452 e. The van der Waals surface area contributed by atoms with E-state index in [-0.39, 0.29) is 42.6 Å². The zero-order valence-corrected chi connectivity index (χ0v) is 31.9. The lowest BCUT2D eigenvalue weighted by atomic mass is 9.70. The first kappa shape index (κ1) is 38.9. The predicted molar refractivity (Wildman–Crippen MR) is 189 cm³/mol. The third-order valence-electron chi connectivity index (χ3n) is 10.2. The molecule has 54 heavy (non-hydrogen) atoms. The molecule has 3 aromatic heterocycles. The van der Waals surface area contributed by atoms with Gasteiger partial charge in [0.25, 0.3) is 0 Å². The zero-order valence-electron chi connectivity index (χ0n) is 31.1. The van der Waals surface area contributed by atoms with Crippen molar-refractivity contribution in [2.24, 2.45) is 5.41 Å². The highest BCUT2D eigenvalue weighted by Crippen LogP contribution is 2.45. The van der Waals surface area contributed by atoms with E-state index < -0.39 is 56.6 Å². The highest BCUT2D eigenvalue weighted by molar-refractivity contribution is 7.89. The van der Waals surface area contributed by atoms with Gasteiger partial charge in [0, 0.05) is 50.8 Å². The Morgan fingerprint density at radius 2 is 1.72 bits per heavy atom. The second kappa shape index (κ2) is 13.5. The number of aryl methyl sites for hydroxylation is 2. The van der Waals surface area contributed by atoms with E-state index in [2.05, 4.69) is 15.2 Å². The van der Waals surface area contributed by atoms with Crippen LogP contribution in [-0.2, 0) is 32.3 Å². The Kier molecular flexibility index (Phi) is 9.74. The number of fused-ring (bicyclic) bond motifs is 2. The van der Waals surface area contributed by atoms with Crippen LogP contribution in [0, 0.1) is 19.3 Å². The number of alkyl halides is 3. The molecular weight excluding hydrogens is 730 g/mol. The van der Waals surface area contributed by atoms with E-state index in [4.69, 9.17) is 9.47 Å². The smallest absolute Gasteiger partial charge is 0.452 e. The highest BCUT2D eigenvalue weighted by atomic mass is 32.2. The average molecular weight is 773 g/mol. The van der Waals surface area contributed by atoms with Crippen LogP contribution in [0.5, 0.6) is 5.88 Å². The van der Waals surface area contributed by atoms with Crippen LogP contribution in [0.4, 0.5) is 18.0 Å². The summed E-state index contributed by atoms with van der Waals surface area (Å²) in [5, 5.41) is 17.6. The number of nitrogens with zero attached hydrogens (tertiary/aromatic N) is 6. The van der Waals surface area contributed by atoms with Crippen LogP contribution < -0.4 is 4.74 Å². The minimum Gasteiger partial charge on any atom is -0.481 e. The summed E-state index contributed by atoms with van der Waals surface area (Å²) < 4.78 is 84.0. The SMILES string of the molecule is Cc1ccc([C@@H](c2ccn3c(C(F)(F)F)nnc3c2C)C(C)(C)C(=O)O)cc1CN1CC2(CCN(C(=O)OC(C)(C)C)CC2)Oc2ncccc2S1(=O)=O. The second-order valence-corrected chi connectivity index (χ2v) is 17.5. The summed E-state index contributed by atoms with van der Waals surface area (Å²) in [6, 6.07) is 9.66. The van der Waals surface area contributed by atoms with Crippen molar-refractivity contribution < 1.29 is 45.8 Å². The fourth-order valence-corrected chi connectivity index (χ4v) is 8.76. The minimum atomic E-state index is -4.76. The van der Waals surface area contributed by atoms with E-state index in [1.54, 1.807) is 50.8 Å². The second-order valence-electron chi connectivity index (χ2n) is 15.6. The largest absolute Gasteiger partial charge is 0.481 e. The molecule has 0 aliphatic carbocycles. The first-order chi connectivity index (χ1) is 25.0. The molecule has 2 aliphatic heterocycles. The number of aromatic nitrogens is 4. The molecule has 4 aromatic rings. The lowest BCUT2D eigenvalue weighted by Gasteiger charge is -2.42. The summed E-state index contributed by atoms with van der Waals surface area (Å²) >= 11 is 0. The molecule has 1 spiro atoms. The Hall–Kier alpha value is -4.77. The van der Waals surface area contributed by atoms with Crippen LogP contribution >= 0.6 is 0 Å². The standard InChI is InChI=1S/C37H43F3N6O7S/c1-22-10-11-24(28(35(6,7)32(47)48)26-12-16-46-29(23(26)2)42-43-31(46)37(38,39)40)19-25(22)20-45-21-36(52-30-27(54(45,50)51)9-8-15-41-30)13-17-44(18-14-36)33(49)53-34(3,4)5/h8-12,15-16,19,28H,13-14,17-18,20-21H2,1-7H3,(H,47,48)/t28-/m0/s1. The number of sulfonamides is 1. The molecule has 1 N–H and O–H groups in total. The molecule has 1 saturated heterocycles. The van der Waals surface area contributed by atoms with E-state index in [9.17, 15) is 36.3 Å². The summed E-state index contributed by atoms with van der Waals surface area (Å²) in [6.45, 7) is 12.1. The molecule has 0 bridgehead atoms.